The summed E-state index contributed by atoms with van der Waals surface area (Å²) in [6.45, 7) is 1.72. The molecule has 2 aromatic rings. The number of hydrogen-bond donors (Lipinski definition) is 1. The van der Waals surface area contributed by atoms with E-state index < -0.39 is 5.91 Å². The molecule has 0 spiro atoms. The number of para-hydroxylation sites is 1. The third-order valence-electron chi connectivity index (χ3n) is 2.72. The first-order valence-corrected chi connectivity index (χ1v) is 6.11. The smallest absolute Gasteiger partial charge is 0.236 e. The Bertz CT molecular complexity index is 607. The molecule has 2 rings (SSSR count). The summed E-state index contributed by atoms with van der Waals surface area (Å²) in [6, 6.07) is 10.7. The minimum Gasteiger partial charge on any atom is -0.360 e. The molecular weight excluding hydrogens is 258 g/mol. The second kappa shape index (κ2) is 6.01. The fraction of sp³-hybridized carbons (Fsp3) is 0.214. The van der Waals surface area contributed by atoms with Crippen LogP contribution in [0.25, 0.3) is 0 Å². The number of nitrogens with zero attached hydrogens (tertiary/aromatic N) is 2. The van der Waals surface area contributed by atoms with E-state index in [1.807, 2.05) is 18.2 Å². The third-order valence-corrected chi connectivity index (χ3v) is 2.72. The van der Waals surface area contributed by atoms with Gasteiger partial charge in [0.1, 0.15) is 12.2 Å². The first kappa shape index (κ1) is 13.8. The summed E-state index contributed by atoms with van der Waals surface area (Å²) < 4.78 is 4.83. The number of rotatable bonds is 4. The first-order valence-electron chi connectivity index (χ1n) is 6.11. The molecule has 0 bridgehead atoms. The zero-order chi connectivity index (χ0) is 14.5. The van der Waals surface area contributed by atoms with Crippen molar-refractivity contribution in [2.45, 2.75) is 13.3 Å². The predicted molar refractivity (Wildman–Crippen MR) is 74.3 cm³/mol. The average Bonchev–Trinajstić information content (AvgIpc) is 2.84. The van der Waals surface area contributed by atoms with Gasteiger partial charge in [-0.2, -0.15) is 0 Å². The van der Waals surface area contributed by atoms with Crippen molar-refractivity contribution in [3.8, 4) is 0 Å². The van der Waals surface area contributed by atoms with Crippen molar-refractivity contribution in [3.63, 3.8) is 0 Å². The standard InChI is InChI=1S/C14H15N3O3/c1-10-8-12(16-20-10)15-13(18)9-14(19)17(2)11-6-4-3-5-7-11/h3-8H,9H2,1-2H3,(H,15,16,18). The highest BCUT2D eigenvalue weighted by Crippen LogP contribution is 2.13. The molecule has 0 unspecified atom stereocenters. The molecule has 0 aliphatic carbocycles. The lowest BCUT2D eigenvalue weighted by Gasteiger charge is -2.16. The van der Waals surface area contributed by atoms with Crippen LogP contribution in [0, 0.1) is 6.92 Å². The van der Waals surface area contributed by atoms with Crippen LogP contribution >= 0.6 is 0 Å². The topological polar surface area (TPSA) is 75.4 Å². The van der Waals surface area contributed by atoms with Gasteiger partial charge in [-0.25, -0.2) is 0 Å². The van der Waals surface area contributed by atoms with Gasteiger partial charge in [-0.3, -0.25) is 9.59 Å². The molecule has 1 heterocycles. The number of carbonyl (C=O) groups is 2. The van der Waals surface area contributed by atoms with Crippen molar-refractivity contribution in [2.75, 3.05) is 17.3 Å². The highest BCUT2D eigenvalue weighted by atomic mass is 16.5. The van der Waals surface area contributed by atoms with E-state index in [2.05, 4.69) is 10.5 Å². The second-order valence-electron chi connectivity index (χ2n) is 4.34. The van der Waals surface area contributed by atoms with Gasteiger partial charge in [0.15, 0.2) is 5.82 Å². The highest BCUT2D eigenvalue weighted by Gasteiger charge is 2.16. The second-order valence-corrected chi connectivity index (χ2v) is 4.34. The molecule has 0 saturated carbocycles. The molecule has 2 amide bonds. The summed E-state index contributed by atoms with van der Waals surface area (Å²) in [4.78, 5) is 25.1. The number of hydrogen-bond acceptors (Lipinski definition) is 4. The van der Waals surface area contributed by atoms with Crippen molar-refractivity contribution in [1.82, 2.24) is 5.16 Å². The number of aromatic nitrogens is 1. The average molecular weight is 273 g/mol. The minimum absolute atomic E-state index is 0.253. The Balaban J connectivity index is 1.92. The van der Waals surface area contributed by atoms with Crippen LogP contribution in [0.5, 0.6) is 0 Å². The molecule has 0 aliphatic rings. The van der Waals surface area contributed by atoms with Gasteiger partial charge in [0.05, 0.1) is 0 Å². The number of carbonyl (C=O) groups excluding carboxylic acids is 2. The fourth-order valence-electron chi connectivity index (χ4n) is 1.66. The van der Waals surface area contributed by atoms with Gasteiger partial charge in [-0.15, -0.1) is 0 Å². The highest BCUT2D eigenvalue weighted by molar-refractivity contribution is 6.08. The van der Waals surface area contributed by atoms with Crippen LogP contribution in [0.1, 0.15) is 12.2 Å². The van der Waals surface area contributed by atoms with Gasteiger partial charge < -0.3 is 14.7 Å². The maximum Gasteiger partial charge on any atom is 0.236 e. The van der Waals surface area contributed by atoms with E-state index in [4.69, 9.17) is 4.52 Å². The van der Waals surface area contributed by atoms with Gasteiger partial charge in [0.2, 0.25) is 11.8 Å². The van der Waals surface area contributed by atoms with Crippen LogP contribution in [0.4, 0.5) is 11.5 Å². The van der Waals surface area contributed by atoms with E-state index in [9.17, 15) is 9.59 Å². The predicted octanol–water partition coefficient (Wildman–Crippen LogP) is 1.97. The van der Waals surface area contributed by atoms with E-state index >= 15 is 0 Å². The minimum atomic E-state index is -0.425. The molecule has 0 atom stereocenters. The molecule has 20 heavy (non-hydrogen) atoms. The molecular formula is C14H15N3O3. The molecule has 0 fully saturated rings. The van der Waals surface area contributed by atoms with Crippen molar-refractivity contribution in [2.24, 2.45) is 0 Å². The van der Waals surface area contributed by atoms with Crippen molar-refractivity contribution in [1.29, 1.82) is 0 Å². The lowest BCUT2D eigenvalue weighted by atomic mass is 10.2. The van der Waals surface area contributed by atoms with E-state index in [0.717, 1.165) is 5.69 Å². The summed E-state index contributed by atoms with van der Waals surface area (Å²) in [7, 11) is 1.63. The monoisotopic (exact) mass is 273 g/mol. The molecule has 1 N–H and O–H groups in total. The Kier molecular flexibility index (Phi) is 4.14. The van der Waals surface area contributed by atoms with Crippen LogP contribution in [0.3, 0.4) is 0 Å². The maximum atomic E-state index is 12.0. The molecule has 0 saturated heterocycles. The largest absolute Gasteiger partial charge is 0.360 e. The summed E-state index contributed by atoms with van der Waals surface area (Å²) in [6.07, 6.45) is -0.253. The van der Waals surface area contributed by atoms with Gasteiger partial charge in [-0.05, 0) is 19.1 Å². The normalized spacial score (nSPS) is 10.1. The zero-order valence-corrected chi connectivity index (χ0v) is 11.3. The van der Waals surface area contributed by atoms with Crippen molar-refractivity contribution < 1.29 is 14.1 Å². The number of aryl methyl sites for hydroxylation is 1. The van der Waals surface area contributed by atoms with Crippen molar-refractivity contribution >= 4 is 23.3 Å². The summed E-state index contributed by atoms with van der Waals surface area (Å²) in [5, 5.41) is 6.14. The molecule has 1 aromatic carbocycles. The number of anilines is 2. The van der Waals surface area contributed by atoms with Crippen LogP contribution in [-0.4, -0.2) is 24.0 Å². The molecule has 0 aliphatic heterocycles. The van der Waals surface area contributed by atoms with Gasteiger partial charge >= 0.3 is 0 Å². The Morgan fingerprint density at radius 1 is 1.30 bits per heavy atom. The summed E-state index contributed by atoms with van der Waals surface area (Å²) in [5.41, 5.74) is 0.739. The maximum absolute atomic E-state index is 12.0. The van der Waals surface area contributed by atoms with Crippen LogP contribution in [0.2, 0.25) is 0 Å². The third kappa shape index (κ3) is 3.44. The lowest BCUT2D eigenvalue weighted by molar-refractivity contribution is -0.125. The quantitative estimate of drug-likeness (QED) is 0.864. The van der Waals surface area contributed by atoms with Crippen LogP contribution in [0.15, 0.2) is 40.9 Å². The van der Waals surface area contributed by atoms with Crippen molar-refractivity contribution in [3.05, 3.63) is 42.2 Å². The molecule has 1 aromatic heterocycles. The van der Waals surface area contributed by atoms with Gasteiger partial charge in [0, 0.05) is 18.8 Å². The van der Waals surface area contributed by atoms with Gasteiger partial charge in [-0.1, -0.05) is 23.4 Å². The summed E-state index contributed by atoms with van der Waals surface area (Å²) in [5.74, 6) is 0.177. The van der Waals surface area contributed by atoms with Crippen LogP contribution < -0.4 is 10.2 Å². The Morgan fingerprint density at radius 3 is 2.60 bits per heavy atom. The first-order chi connectivity index (χ1) is 9.56. The molecule has 104 valence electrons. The van der Waals surface area contributed by atoms with Gasteiger partial charge in [0.25, 0.3) is 0 Å². The molecule has 6 nitrogen and oxygen atoms in total. The van der Waals surface area contributed by atoms with E-state index in [-0.39, 0.29) is 12.3 Å². The lowest BCUT2D eigenvalue weighted by Crippen LogP contribution is -2.30. The summed E-state index contributed by atoms with van der Waals surface area (Å²) >= 11 is 0. The number of nitrogens with one attached hydrogen (secondary N) is 1. The Hall–Kier alpha value is -2.63. The zero-order valence-electron chi connectivity index (χ0n) is 11.3. The molecule has 0 radical (unpaired) electrons. The van der Waals surface area contributed by atoms with E-state index in [1.165, 1.54) is 4.90 Å². The van der Waals surface area contributed by atoms with Crippen LogP contribution in [-0.2, 0) is 9.59 Å². The van der Waals surface area contributed by atoms with E-state index in [0.29, 0.717) is 11.6 Å². The Labute approximate surface area is 116 Å². The van der Waals surface area contributed by atoms with E-state index in [1.54, 1.807) is 32.2 Å². The fourth-order valence-corrected chi connectivity index (χ4v) is 1.66. The number of benzene rings is 1. The molecule has 6 heteroatoms. The number of amides is 2. The SMILES string of the molecule is Cc1cc(NC(=O)CC(=O)N(C)c2ccccc2)no1. The Morgan fingerprint density at radius 2 is 2.00 bits per heavy atom.